The molecule has 2 N–H and O–H groups in total. The average molecular weight is 251 g/mol. The summed E-state index contributed by atoms with van der Waals surface area (Å²) < 4.78 is 5.52. The van der Waals surface area contributed by atoms with Gasteiger partial charge in [0.25, 0.3) is 0 Å². The van der Waals surface area contributed by atoms with Gasteiger partial charge < -0.3 is 19.8 Å². The zero-order valence-electron chi connectivity index (χ0n) is 10.7. The molecule has 1 aliphatic rings. The molecule has 0 radical (unpaired) electrons. The van der Waals surface area contributed by atoms with Gasteiger partial charge >= 0.3 is 0 Å². The zero-order valence-corrected chi connectivity index (χ0v) is 10.7. The zero-order chi connectivity index (χ0) is 13.0. The van der Waals surface area contributed by atoms with Gasteiger partial charge in [-0.1, -0.05) is 6.92 Å². The van der Waals surface area contributed by atoms with Crippen LogP contribution in [0.25, 0.3) is 0 Å². The molecule has 0 aliphatic carbocycles. The summed E-state index contributed by atoms with van der Waals surface area (Å²) in [6.45, 7) is 5.52. The Balaban J connectivity index is 1.78. The second-order valence-electron chi connectivity index (χ2n) is 4.81. The summed E-state index contributed by atoms with van der Waals surface area (Å²) >= 11 is 0. The molecule has 0 aromatic heterocycles. The van der Waals surface area contributed by atoms with Crippen molar-refractivity contribution in [1.29, 1.82) is 0 Å². The summed E-state index contributed by atoms with van der Waals surface area (Å²) in [5.41, 5.74) is 0. The Morgan fingerprint density at radius 1 is 1.39 bits per heavy atom. The lowest BCUT2D eigenvalue weighted by molar-refractivity contribution is 0.0599. The molecule has 2 atom stereocenters. The number of hydrogen-bond acceptors (Lipinski definition) is 4. The lowest BCUT2D eigenvalue weighted by Crippen LogP contribution is -2.30. The molecule has 0 bridgehead atoms. The van der Waals surface area contributed by atoms with Gasteiger partial charge in [0.15, 0.2) is 0 Å². The van der Waals surface area contributed by atoms with Crippen LogP contribution in [0.4, 0.5) is 0 Å². The van der Waals surface area contributed by atoms with Crippen molar-refractivity contribution in [2.24, 2.45) is 5.92 Å². The molecule has 4 nitrogen and oxygen atoms in total. The first-order valence-electron chi connectivity index (χ1n) is 6.51. The van der Waals surface area contributed by atoms with Crippen molar-refractivity contribution in [2.75, 3.05) is 26.2 Å². The fourth-order valence-electron chi connectivity index (χ4n) is 2.32. The van der Waals surface area contributed by atoms with Crippen LogP contribution in [0.1, 0.15) is 13.3 Å². The van der Waals surface area contributed by atoms with Crippen molar-refractivity contribution in [2.45, 2.75) is 19.4 Å². The summed E-state index contributed by atoms with van der Waals surface area (Å²) in [4.78, 5) is 2.34. The third-order valence-corrected chi connectivity index (χ3v) is 3.56. The molecule has 0 saturated carbocycles. The first-order valence-corrected chi connectivity index (χ1v) is 6.51. The number of nitrogens with zero attached hydrogens (tertiary/aromatic N) is 1. The van der Waals surface area contributed by atoms with E-state index in [1.807, 2.05) is 0 Å². The Hall–Kier alpha value is -1.26. The van der Waals surface area contributed by atoms with Crippen LogP contribution in [0.15, 0.2) is 24.3 Å². The Kier molecular flexibility index (Phi) is 4.44. The van der Waals surface area contributed by atoms with Crippen molar-refractivity contribution < 1.29 is 14.9 Å². The number of likely N-dealkylation sites (tertiary alicyclic amines) is 1. The molecule has 1 heterocycles. The molecule has 1 saturated heterocycles. The van der Waals surface area contributed by atoms with Gasteiger partial charge in [-0.25, -0.2) is 0 Å². The number of aromatic hydroxyl groups is 1. The minimum Gasteiger partial charge on any atom is -0.508 e. The summed E-state index contributed by atoms with van der Waals surface area (Å²) in [6, 6.07) is 6.57. The molecular formula is C14H21NO3. The van der Waals surface area contributed by atoms with Crippen molar-refractivity contribution in [3.63, 3.8) is 0 Å². The highest BCUT2D eigenvalue weighted by Gasteiger charge is 2.27. The quantitative estimate of drug-likeness (QED) is 0.832. The SMILES string of the molecule is CCN1CCC(C(O)COc2ccc(O)cc2)C1. The molecule has 1 fully saturated rings. The van der Waals surface area contributed by atoms with Gasteiger partial charge in [-0.05, 0) is 43.8 Å². The molecule has 2 rings (SSSR count). The van der Waals surface area contributed by atoms with Crippen LogP contribution in [-0.2, 0) is 0 Å². The minimum atomic E-state index is -0.421. The van der Waals surface area contributed by atoms with Crippen LogP contribution in [0.5, 0.6) is 11.5 Å². The number of phenolic OH excluding ortho intramolecular Hbond substituents is 1. The van der Waals surface area contributed by atoms with E-state index in [0.29, 0.717) is 18.3 Å². The predicted molar refractivity (Wildman–Crippen MR) is 69.8 cm³/mol. The maximum atomic E-state index is 10.1. The number of hydrogen-bond donors (Lipinski definition) is 2. The summed E-state index contributed by atoms with van der Waals surface area (Å²) in [6.07, 6.45) is 0.615. The van der Waals surface area contributed by atoms with Gasteiger partial charge in [-0.2, -0.15) is 0 Å². The van der Waals surface area contributed by atoms with E-state index in [4.69, 9.17) is 9.84 Å². The predicted octanol–water partition coefficient (Wildman–Crippen LogP) is 1.47. The fourth-order valence-corrected chi connectivity index (χ4v) is 2.32. The van der Waals surface area contributed by atoms with Gasteiger partial charge in [0.05, 0.1) is 6.10 Å². The first-order chi connectivity index (χ1) is 8.69. The average Bonchev–Trinajstić information content (AvgIpc) is 2.86. The van der Waals surface area contributed by atoms with Crippen LogP contribution >= 0.6 is 0 Å². The Labute approximate surface area is 108 Å². The monoisotopic (exact) mass is 251 g/mol. The molecule has 1 aromatic carbocycles. The Morgan fingerprint density at radius 2 is 2.11 bits per heavy atom. The molecule has 4 heteroatoms. The van der Waals surface area contributed by atoms with Crippen LogP contribution in [0.2, 0.25) is 0 Å². The van der Waals surface area contributed by atoms with E-state index >= 15 is 0 Å². The van der Waals surface area contributed by atoms with E-state index in [1.165, 1.54) is 0 Å². The van der Waals surface area contributed by atoms with Gasteiger partial charge in [0, 0.05) is 12.5 Å². The Bertz CT molecular complexity index is 366. The van der Waals surface area contributed by atoms with Gasteiger partial charge in [-0.15, -0.1) is 0 Å². The second-order valence-corrected chi connectivity index (χ2v) is 4.81. The standard InChI is InChI=1S/C14H21NO3/c1-2-15-8-7-11(9-15)14(17)10-18-13-5-3-12(16)4-6-13/h3-6,11,14,16-17H,2,7-10H2,1H3. The van der Waals surface area contributed by atoms with Crippen molar-refractivity contribution in [3.05, 3.63) is 24.3 Å². The van der Waals surface area contributed by atoms with Crippen LogP contribution in [-0.4, -0.2) is 47.5 Å². The first kappa shape index (κ1) is 13.2. The van der Waals surface area contributed by atoms with Gasteiger partial charge in [0.2, 0.25) is 0 Å². The third kappa shape index (κ3) is 3.37. The van der Waals surface area contributed by atoms with Gasteiger partial charge in [-0.3, -0.25) is 0 Å². The lowest BCUT2D eigenvalue weighted by atomic mass is 10.0. The van der Waals surface area contributed by atoms with E-state index in [9.17, 15) is 5.11 Å². The van der Waals surface area contributed by atoms with Crippen LogP contribution in [0, 0.1) is 5.92 Å². The molecule has 100 valence electrons. The largest absolute Gasteiger partial charge is 0.508 e. The van der Waals surface area contributed by atoms with E-state index in [2.05, 4.69) is 11.8 Å². The van der Waals surface area contributed by atoms with E-state index in [1.54, 1.807) is 24.3 Å². The molecule has 0 amide bonds. The topological polar surface area (TPSA) is 52.9 Å². The molecule has 18 heavy (non-hydrogen) atoms. The lowest BCUT2D eigenvalue weighted by Gasteiger charge is -2.19. The number of ether oxygens (including phenoxy) is 1. The molecule has 0 spiro atoms. The number of rotatable bonds is 5. The van der Waals surface area contributed by atoms with Crippen molar-refractivity contribution in [1.82, 2.24) is 4.90 Å². The molecule has 1 aliphatic heterocycles. The highest BCUT2D eigenvalue weighted by molar-refractivity contribution is 5.30. The maximum absolute atomic E-state index is 10.1. The van der Waals surface area contributed by atoms with E-state index in [-0.39, 0.29) is 5.75 Å². The minimum absolute atomic E-state index is 0.220. The number of aliphatic hydroxyl groups excluding tert-OH is 1. The normalized spacial score (nSPS) is 22.0. The molecule has 1 aromatic rings. The number of benzene rings is 1. The smallest absolute Gasteiger partial charge is 0.119 e. The van der Waals surface area contributed by atoms with Gasteiger partial charge in [0.1, 0.15) is 18.1 Å². The van der Waals surface area contributed by atoms with E-state index in [0.717, 1.165) is 26.1 Å². The van der Waals surface area contributed by atoms with Crippen LogP contribution in [0.3, 0.4) is 0 Å². The summed E-state index contributed by atoms with van der Waals surface area (Å²) in [5, 5.41) is 19.2. The molecular weight excluding hydrogens is 230 g/mol. The van der Waals surface area contributed by atoms with Crippen LogP contribution < -0.4 is 4.74 Å². The highest BCUT2D eigenvalue weighted by atomic mass is 16.5. The molecule has 2 unspecified atom stereocenters. The fraction of sp³-hybridized carbons (Fsp3) is 0.571. The van der Waals surface area contributed by atoms with E-state index < -0.39 is 6.10 Å². The number of aliphatic hydroxyl groups is 1. The second kappa shape index (κ2) is 6.07. The van der Waals surface area contributed by atoms with Crippen molar-refractivity contribution >= 4 is 0 Å². The Morgan fingerprint density at radius 3 is 2.72 bits per heavy atom. The third-order valence-electron chi connectivity index (χ3n) is 3.56. The highest BCUT2D eigenvalue weighted by Crippen LogP contribution is 2.21. The van der Waals surface area contributed by atoms with Crippen molar-refractivity contribution in [3.8, 4) is 11.5 Å². The summed E-state index contributed by atoms with van der Waals surface area (Å²) in [5.74, 6) is 1.21. The maximum Gasteiger partial charge on any atom is 0.119 e. The summed E-state index contributed by atoms with van der Waals surface area (Å²) in [7, 11) is 0. The number of phenols is 1.